The minimum Gasteiger partial charge on any atom is -0.311 e. The summed E-state index contributed by atoms with van der Waals surface area (Å²) in [6.07, 6.45) is 0. The van der Waals surface area contributed by atoms with Gasteiger partial charge < -0.3 is 4.67 Å². The highest BCUT2D eigenvalue weighted by Crippen LogP contribution is 2.56. The maximum Gasteiger partial charge on any atom is 0.239 e. The van der Waals surface area contributed by atoms with Gasteiger partial charge in [-0.15, -0.1) is 11.3 Å². The molecule has 0 aliphatic carbocycles. The van der Waals surface area contributed by atoms with Crippen LogP contribution < -0.4 is 14.6 Å². The SMILES string of the molecule is Cc1csc(P2(=O)c3ccccc3CN2c2ccccc2)c1. The van der Waals surface area contributed by atoms with Crippen LogP contribution in [0.4, 0.5) is 5.69 Å². The molecule has 0 bridgehead atoms. The van der Waals surface area contributed by atoms with Crippen molar-refractivity contribution in [3.05, 3.63) is 77.2 Å². The lowest BCUT2D eigenvalue weighted by atomic mass is 10.2. The van der Waals surface area contributed by atoms with Gasteiger partial charge in [-0.2, -0.15) is 0 Å². The molecular weight excluding hydrogens is 309 g/mol. The molecule has 0 radical (unpaired) electrons. The Morgan fingerprint density at radius 3 is 2.50 bits per heavy atom. The highest BCUT2D eigenvalue weighted by molar-refractivity contribution is 7.84. The summed E-state index contributed by atoms with van der Waals surface area (Å²) in [5.74, 6) is 0. The van der Waals surface area contributed by atoms with Crippen LogP contribution in [-0.2, 0) is 11.1 Å². The van der Waals surface area contributed by atoms with Crippen molar-refractivity contribution >= 4 is 34.2 Å². The minimum atomic E-state index is -2.77. The summed E-state index contributed by atoms with van der Waals surface area (Å²) in [5.41, 5.74) is 3.36. The van der Waals surface area contributed by atoms with Gasteiger partial charge in [-0.1, -0.05) is 36.4 Å². The molecule has 0 spiro atoms. The quantitative estimate of drug-likeness (QED) is 0.655. The first-order chi connectivity index (χ1) is 10.7. The van der Waals surface area contributed by atoms with Gasteiger partial charge in [0.05, 0.1) is 11.2 Å². The van der Waals surface area contributed by atoms with E-state index < -0.39 is 7.29 Å². The molecule has 4 rings (SSSR count). The Kier molecular flexibility index (Phi) is 3.21. The topological polar surface area (TPSA) is 20.3 Å². The molecule has 1 aliphatic rings. The molecule has 0 saturated carbocycles. The molecular formula is C18H16NOPS. The van der Waals surface area contributed by atoms with E-state index in [1.807, 2.05) is 48.5 Å². The third-order valence-corrected chi connectivity index (χ3v) is 8.82. The number of para-hydroxylation sites is 1. The lowest BCUT2D eigenvalue weighted by molar-refractivity contribution is 0.586. The van der Waals surface area contributed by atoms with E-state index in [1.165, 1.54) is 11.1 Å². The third kappa shape index (κ3) is 1.97. The van der Waals surface area contributed by atoms with E-state index in [0.29, 0.717) is 6.54 Å². The average molecular weight is 325 g/mol. The van der Waals surface area contributed by atoms with Crippen molar-refractivity contribution in [1.82, 2.24) is 0 Å². The molecule has 1 aromatic heterocycles. The third-order valence-electron chi connectivity index (χ3n) is 4.05. The summed E-state index contributed by atoms with van der Waals surface area (Å²) < 4.78 is 17.2. The van der Waals surface area contributed by atoms with E-state index in [4.69, 9.17) is 0 Å². The summed E-state index contributed by atoms with van der Waals surface area (Å²) >= 11 is 1.60. The molecule has 0 saturated heterocycles. The van der Waals surface area contributed by atoms with Crippen molar-refractivity contribution in [1.29, 1.82) is 0 Å². The number of rotatable bonds is 2. The van der Waals surface area contributed by atoms with E-state index in [9.17, 15) is 4.57 Å². The van der Waals surface area contributed by atoms with Gasteiger partial charge in [0, 0.05) is 11.0 Å². The number of benzene rings is 2. The maximum absolute atomic E-state index is 14.1. The Hall–Kier alpha value is -1.83. The molecule has 0 amide bonds. The molecule has 2 nitrogen and oxygen atoms in total. The normalized spacial score (nSPS) is 20.1. The number of anilines is 1. The van der Waals surface area contributed by atoms with E-state index in [-0.39, 0.29) is 0 Å². The molecule has 110 valence electrons. The fraction of sp³-hybridized carbons (Fsp3) is 0.111. The standard InChI is InChI=1S/C18H16NOPS/c1-14-11-18(22-13-14)21(20)17-10-6-5-7-15(17)12-19(21)16-8-3-2-4-9-16/h2-11,13H,12H2,1H3. The summed E-state index contributed by atoms with van der Waals surface area (Å²) in [6.45, 7) is 2.76. The van der Waals surface area contributed by atoms with Gasteiger partial charge in [0.1, 0.15) is 0 Å². The zero-order chi connectivity index (χ0) is 15.2. The average Bonchev–Trinajstić information content (AvgIpc) is 3.12. The lowest BCUT2D eigenvalue weighted by Gasteiger charge is -2.26. The Bertz CT molecular complexity index is 872. The number of nitrogens with zero attached hydrogens (tertiary/aromatic N) is 1. The first-order valence-corrected chi connectivity index (χ1v) is 9.81. The second-order valence-corrected chi connectivity index (χ2v) is 9.37. The van der Waals surface area contributed by atoms with Crippen molar-refractivity contribution < 1.29 is 4.57 Å². The van der Waals surface area contributed by atoms with Gasteiger partial charge in [0.25, 0.3) is 0 Å². The summed E-state index contributed by atoms with van der Waals surface area (Å²) in [7, 11) is -2.77. The van der Waals surface area contributed by atoms with Gasteiger partial charge in [0.15, 0.2) is 0 Å². The minimum absolute atomic E-state index is 0.703. The molecule has 1 atom stereocenters. The van der Waals surface area contributed by atoms with Crippen LogP contribution in [0.2, 0.25) is 0 Å². The van der Waals surface area contributed by atoms with Gasteiger partial charge in [-0.3, -0.25) is 4.57 Å². The van der Waals surface area contributed by atoms with Crippen LogP contribution in [0.25, 0.3) is 0 Å². The molecule has 2 heterocycles. The molecule has 3 aromatic rings. The van der Waals surface area contributed by atoms with Crippen molar-refractivity contribution in [3.63, 3.8) is 0 Å². The van der Waals surface area contributed by atoms with Crippen molar-refractivity contribution in [2.45, 2.75) is 13.5 Å². The van der Waals surface area contributed by atoms with Crippen molar-refractivity contribution in [2.75, 3.05) is 4.67 Å². The number of fused-ring (bicyclic) bond motifs is 1. The molecule has 22 heavy (non-hydrogen) atoms. The van der Waals surface area contributed by atoms with E-state index in [0.717, 1.165) is 15.6 Å². The van der Waals surface area contributed by atoms with Crippen LogP contribution in [0.3, 0.4) is 0 Å². The van der Waals surface area contributed by atoms with Crippen LogP contribution in [0.1, 0.15) is 11.1 Å². The number of hydrogen-bond acceptors (Lipinski definition) is 2. The Morgan fingerprint density at radius 1 is 1.05 bits per heavy atom. The first-order valence-electron chi connectivity index (χ1n) is 7.27. The lowest BCUT2D eigenvalue weighted by Crippen LogP contribution is -2.22. The zero-order valence-electron chi connectivity index (χ0n) is 12.3. The smallest absolute Gasteiger partial charge is 0.239 e. The number of thiophene rings is 1. The molecule has 4 heteroatoms. The summed E-state index contributed by atoms with van der Waals surface area (Å²) in [5, 5.41) is 3.07. The predicted molar refractivity (Wildman–Crippen MR) is 95.0 cm³/mol. The number of hydrogen-bond donors (Lipinski definition) is 0. The van der Waals surface area contributed by atoms with Crippen LogP contribution in [0.5, 0.6) is 0 Å². The van der Waals surface area contributed by atoms with Gasteiger partial charge in [0.2, 0.25) is 7.29 Å². The first kappa shape index (κ1) is 13.8. The van der Waals surface area contributed by atoms with Gasteiger partial charge in [-0.05, 0) is 47.7 Å². The molecule has 2 aromatic carbocycles. The highest BCUT2D eigenvalue weighted by Gasteiger charge is 2.43. The van der Waals surface area contributed by atoms with Gasteiger partial charge in [-0.25, -0.2) is 0 Å². The Balaban J connectivity index is 1.95. The Morgan fingerprint density at radius 2 is 1.77 bits per heavy atom. The summed E-state index contributed by atoms with van der Waals surface area (Å²) in [4.78, 5) is 0. The Labute approximate surface area is 134 Å². The predicted octanol–water partition coefficient (Wildman–Crippen LogP) is 4.31. The summed E-state index contributed by atoms with van der Waals surface area (Å²) in [6, 6.07) is 20.3. The molecule has 1 unspecified atom stereocenters. The van der Waals surface area contributed by atoms with Gasteiger partial charge >= 0.3 is 0 Å². The van der Waals surface area contributed by atoms with E-state index in [1.54, 1.807) is 11.3 Å². The van der Waals surface area contributed by atoms with Crippen LogP contribution >= 0.6 is 18.6 Å². The zero-order valence-corrected chi connectivity index (χ0v) is 14.0. The van der Waals surface area contributed by atoms with Crippen LogP contribution in [-0.4, -0.2) is 0 Å². The maximum atomic E-state index is 14.1. The van der Waals surface area contributed by atoms with Crippen LogP contribution in [0, 0.1) is 6.92 Å². The van der Waals surface area contributed by atoms with E-state index in [2.05, 4.69) is 29.1 Å². The fourth-order valence-electron chi connectivity index (χ4n) is 3.00. The fourth-order valence-corrected chi connectivity index (χ4v) is 7.69. The second kappa shape index (κ2) is 5.12. The van der Waals surface area contributed by atoms with E-state index >= 15 is 0 Å². The molecule has 1 aliphatic heterocycles. The second-order valence-electron chi connectivity index (χ2n) is 5.56. The highest BCUT2D eigenvalue weighted by atomic mass is 32.1. The van der Waals surface area contributed by atoms with Crippen molar-refractivity contribution in [2.24, 2.45) is 0 Å². The molecule has 0 fully saturated rings. The monoisotopic (exact) mass is 325 g/mol. The van der Waals surface area contributed by atoms with Crippen molar-refractivity contribution in [3.8, 4) is 0 Å². The largest absolute Gasteiger partial charge is 0.311 e. The van der Waals surface area contributed by atoms with Crippen LogP contribution in [0.15, 0.2) is 66.0 Å². The number of aryl methyl sites for hydroxylation is 1. The molecule has 0 N–H and O–H groups in total.